The first kappa shape index (κ1) is 12.9. The van der Waals surface area contributed by atoms with Gasteiger partial charge in [-0.25, -0.2) is 0 Å². The van der Waals surface area contributed by atoms with Crippen LogP contribution in [0.1, 0.15) is 19.3 Å². The van der Waals surface area contributed by atoms with Crippen molar-refractivity contribution in [3.8, 4) is 0 Å². The Morgan fingerprint density at radius 1 is 1.21 bits per heavy atom. The van der Waals surface area contributed by atoms with Crippen molar-refractivity contribution in [1.29, 1.82) is 0 Å². The summed E-state index contributed by atoms with van der Waals surface area (Å²) < 4.78 is 0. The molecule has 0 spiro atoms. The maximum absolute atomic E-state index is 5.85. The molecule has 2 N–H and O–H groups in total. The molecule has 2 fully saturated rings. The average molecular weight is 283 g/mol. The predicted molar refractivity (Wildman–Crippen MR) is 75.2 cm³/mol. The fraction of sp³-hybridized carbons (Fsp3) is 0.750. The van der Waals surface area contributed by atoms with Crippen LogP contribution < -0.4 is 10.6 Å². The Morgan fingerprint density at radius 2 is 2.05 bits per heavy atom. The highest BCUT2D eigenvalue weighted by molar-refractivity contribution is 6.28. The van der Waals surface area contributed by atoms with Crippen LogP contribution >= 0.6 is 11.6 Å². The minimum absolute atomic E-state index is 0.172. The molecule has 0 aromatic carbocycles. The van der Waals surface area contributed by atoms with Gasteiger partial charge in [-0.2, -0.15) is 15.0 Å². The Bertz CT molecular complexity index is 447. The molecule has 104 valence electrons. The second kappa shape index (κ2) is 5.09. The summed E-state index contributed by atoms with van der Waals surface area (Å²) in [5.74, 6) is 1.49. The summed E-state index contributed by atoms with van der Waals surface area (Å²) in [5, 5.41) is 0.172. The molecule has 2 aliphatic rings. The van der Waals surface area contributed by atoms with Crippen molar-refractivity contribution in [2.24, 2.45) is 5.92 Å². The Labute approximate surface area is 118 Å². The lowest BCUT2D eigenvalue weighted by molar-refractivity contribution is 0.102. The van der Waals surface area contributed by atoms with Crippen molar-refractivity contribution in [3.63, 3.8) is 0 Å². The van der Waals surface area contributed by atoms with Crippen LogP contribution in [0.5, 0.6) is 0 Å². The van der Waals surface area contributed by atoms with E-state index >= 15 is 0 Å². The molecule has 0 radical (unpaired) electrons. The van der Waals surface area contributed by atoms with E-state index in [1.807, 2.05) is 0 Å². The normalized spacial score (nSPS) is 28.2. The first-order chi connectivity index (χ1) is 9.13. The van der Waals surface area contributed by atoms with Gasteiger partial charge in [0.1, 0.15) is 0 Å². The fourth-order valence-corrected chi connectivity index (χ4v) is 3.49. The summed E-state index contributed by atoms with van der Waals surface area (Å²) in [6.45, 7) is 3.14. The Morgan fingerprint density at radius 3 is 2.84 bits per heavy atom. The van der Waals surface area contributed by atoms with Crippen molar-refractivity contribution in [3.05, 3.63) is 5.28 Å². The molecule has 2 aliphatic heterocycles. The van der Waals surface area contributed by atoms with Gasteiger partial charge in [-0.05, 0) is 50.4 Å². The summed E-state index contributed by atoms with van der Waals surface area (Å²) in [6, 6.07) is 0.694. The molecule has 19 heavy (non-hydrogen) atoms. The minimum atomic E-state index is 0.172. The highest BCUT2D eigenvalue weighted by Gasteiger charge is 2.35. The summed E-state index contributed by atoms with van der Waals surface area (Å²) >= 11 is 5.85. The number of piperidine rings is 2. The summed E-state index contributed by atoms with van der Waals surface area (Å²) in [6.07, 6.45) is 3.69. The van der Waals surface area contributed by atoms with Gasteiger partial charge >= 0.3 is 0 Å². The quantitative estimate of drug-likeness (QED) is 0.829. The molecule has 0 saturated carbocycles. The van der Waals surface area contributed by atoms with Crippen LogP contribution in [0.2, 0.25) is 5.28 Å². The van der Waals surface area contributed by atoms with E-state index in [9.17, 15) is 0 Å². The summed E-state index contributed by atoms with van der Waals surface area (Å²) in [5.41, 5.74) is 5.64. The molecule has 3 heterocycles. The van der Waals surface area contributed by atoms with Gasteiger partial charge in [-0.3, -0.25) is 0 Å². The zero-order valence-corrected chi connectivity index (χ0v) is 11.8. The summed E-state index contributed by atoms with van der Waals surface area (Å²) in [4.78, 5) is 16.9. The lowest BCUT2D eigenvalue weighted by atomic mass is 9.84. The second-order valence-corrected chi connectivity index (χ2v) is 5.79. The van der Waals surface area contributed by atoms with E-state index in [0.29, 0.717) is 17.9 Å². The molecule has 0 aliphatic carbocycles. The van der Waals surface area contributed by atoms with Gasteiger partial charge < -0.3 is 15.5 Å². The van der Waals surface area contributed by atoms with E-state index in [4.69, 9.17) is 17.3 Å². The number of hydrogen-bond donors (Lipinski definition) is 1. The molecule has 1 aromatic heterocycles. The van der Waals surface area contributed by atoms with Crippen LogP contribution in [-0.4, -0.2) is 52.6 Å². The number of hydrogen-bond acceptors (Lipinski definition) is 6. The van der Waals surface area contributed by atoms with Gasteiger partial charge in [-0.15, -0.1) is 0 Å². The average Bonchev–Trinajstić information content (AvgIpc) is 2.37. The third-order valence-corrected chi connectivity index (χ3v) is 4.41. The van der Waals surface area contributed by atoms with Crippen LogP contribution in [0.25, 0.3) is 0 Å². The number of nitrogens with zero attached hydrogens (tertiary/aromatic N) is 5. The van der Waals surface area contributed by atoms with Gasteiger partial charge in [0.05, 0.1) is 0 Å². The number of nitrogen functional groups attached to an aromatic ring is 1. The van der Waals surface area contributed by atoms with Gasteiger partial charge in [-0.1, -0.05) is 0 Å². The first-order valence-corrected chi connectivity index (χ1v) is 7.13. The molecular formula is C12H19ClN6. The van der Waals surface area contributed by atoms with E-state index in [1.54, 1.807) is 0 Å². The van der Waals surface area contributed by atoms with E-state index in [0.717, 1.165) is 19.5 Å². The number of likely N-dealkylation sites (tertiary alicyclic amines) is 1. The molecule has 6 nitrogen and oxygen atoms in total. The molecule has 7 heteroatoms. The standard InChI is InChI=1S/C12H19ClN6/c1-18-5-2-3-8-7-19(6-4-9(8)18)12-16-10(13)15-11(14)17-12/h8-9H,2-7H2,1H3,(H2,14,15,16,17). The fourth-order valence-electron chi connectivity index (χ4n) is 3.33. The van der Waals surface area contributed by atoms with Crippen LogP contribution in [0.4, 0.5) is 11.9 Å². The molecule has 3 rings (SSSR count). The zero-order chi connectivity index (χ0) is 13.4. The monoisotopic (exact) mass is 282 g/mol. The minimum Gasteiger partial charge on any atom is -0.368 e. The Kier molecular flexibility index (Phi) is 3.45. The second-order valence-electron chi connectivity index (χ2n) is 5.45. The molecule has 1 aromatic rings. The number of rotatable bonds is 1. The van der Waals surface area contributed by atoms with E-state index < -0.39 is 0 Å². The molecule has 2 unspecified atom stereocenters. The number of halogens is 1. The molecule has 0 bridgehead atoms. The smallest absolute Gasteiger partial charge is 0.231 e. The van der Waals surface area contributed by atoms with Gasteiger partial charge in [0, 0.05) is 19.1 Å². The highest BCUT2D eigenvalue weighted by atomic mass is 35.5. The van der Waals surface area contributed by atoms with E-state index in [2.05, 4.69) is 31.8 Å². The van der Waals surface area contributed by atoms with Crippen molar-refractivity contribution >= 4 is 23.5 Å². The zero-order valence-electron chi connectivity index (χ0n) is 11.1. The van der Waals surface area contributed by atoms with Crippen molar-refractivity contribution in [2.45, 2.75) is 25.3 Å². The maximum Gasteiger partial charge on any atom is 0.231 e. The third-order valence-electron chi connectivity index (χ3n) is 4.24. The molecule has 0 amide bonds. The van der Waals surface area contributed by atoms with Crippen LogP contribution in [0, 0.1) is 5.92 Å². The SMILES string of the molecule is CN1CCCC2CN(c3nc(N)nc(Cl)n3)CCC21. The topological polar surface area (TPSA) is 71.2 Å². The van der Waals surface area contributed by atoms with Gasteiger partial charge in [0.2, 0.25) is 17.2 Å². The van der Waals surface area contributed by atoms with Crippen LogP contribution in [0.15, 0.2) is 0 Å². The number of fused-ring (bicyclic) bond motifs is 1. The lowest BCUT2D eigenvalue weighted by Crippen LogP contribution is -2.53. The van der Waals surface area contributed by atoms with Crippen molar-refractivity contribution in [1.82, 2.24) is 19.9 Å². The molecule has 2 saturated heterocycles. The largest absolute Gasteiger partial charge is 0.368 e. The van der Waals surface area contributed by atoms with Crippen LogP contribution in [0.3, 0.4) is 0 Å². The van der Waals surface area contributed by atoms with E-state index in [-0.39, 0.29) is 11.2 Å². The Hall–Kier alpha value is -1.14. The molecule has 2 atom stereocenters. The van der Waals surface area contributed by atoms with Crippen LogP contribution in [-0.2, 0) is 0 Å². The van der Waals surface area contributed by atoms with Crippen molar-refractivity contribution in [2.75, 3.05) is 37.3 Å². The first-order valence-electron chi connectivity index (χ1n) is 6.76. The number of nitrogens with two attached hydrogens (primary N) is 1. The molecular weight excluding hydrogens is 264 g/mol. The van der Waals surface area contributed by atoms with Gasteiger partial charge in [0.15, 0.2) is 0 Å². The predicted octanol–water partition coefficient (Wildman–Crippen LogP) is 1.03. The Balaban J connectivity index is 1.77. The third kappa shape index (κ3) is 2.60. The highest BCUT2D eigenvalue weighted by Crippen LogP contribution is 2.31. The maximum atomic E-state index is 5.85. The number of anilines is 2. The van der Waals surface area contributed by atoms with Gasteiger partial charge in [0.25, 0.3) is 0 Å². The summed E-state index contributed by atoms with van der Waals surface area (Å²) in [7, 11) is 2.23. The van der Waals surface area contributed by atoms with E-state index in [1.165, 1.54) is 19.4 Å². The lowest BCUT2D eigenvalue weighted by Gasteiger charge is -2.45. The van der Waals surface area contributed by atoms with Crippen molar-refractivity contribution < 1.29 is 0 Å². The number of aromatic nitrogens is 3.